The van der Waals surface area contributed by atoms with Crippen molar-refractivity contribution in [2.75, 3.05) is 7.11 Å². The molecule has 1 rings (SSSR count). The molecule has 0 fully saturated rings. The van der Waals surface area contributed by atoms with E-state index in [1.54, 1.807) is 19.2 Å². The Morgan fingerprint density at radius 1 is 1.62 bits per heavy atom. The molecular weight excluding hydrogens is 234 g/mol. The first-order valence-electron chi connectivity index (χ1n) is 3.73. The topological polar surface area (TPSA) is 52.3 Å². The number of methoxy groups -OCH3 is 1. The molecule has 0 aliphatic carbocycles. The third-order valence-corrected chi connectivity index (χ3v) is 2.19. The number of rotatable bonds is 3. The molecule has 2 N–H and O–H groups in total. The Bertz CT molecular complexity index is 314. The van der Waals surface area contributed by atoms with Gasteiger partial charge in [0.2, 0.25) is 0 Å². The van der Waals surface area contributed by atoms with Crippen molar-refractivity contribution in [1.29, 1.82) is 0 Å². The first kappa shape index (κ1) is 10.2. The van der Waals surface area contributed by atoms with Crippen molar-refractivity contribution in [3.63, 3.8) is 0 Å². The molecule has 0 spiro atoms. The zero-order chi connectivity index (χ0) is 9.84. The lowest BCUT2D eigenvalue weighted by atomic mass is 10.1. The van der Waals surface area contributed by atoms with Gasteiger partial charge in [-0.05, 0) is 18.2 Å². The highest BCUT2D eigenvalue weighted by Crippen LogP contribution is 2.26. The second kappa shape index (κ2) is 4.39. The summed E-state index contributed by atoms with van der Waals surface area (Å²) in [5.41, 5.74) is 6.26. The zero-order valence-corrected chi connectivity index (χ0v) is 8.74. The van der Waals surface area contributed by atoms with Crippen LogP contribution in [-0.2, 0) is 4.79 Å². The van der Waals surface area contributed by atoms with Crippen molar-refractivity contribution in [2.24, 2.45) is 5.73 Å². The Hall–Kier alpha value is -0.870. The molecule has 0 aliphatic heterocycles. The van der Waals surface area contributed by atoms with Crippen LogP contribution in [0.2, 0.25) is 0 Å². The zero-order valence-electron chi connectivity index (χ0n) is 7.16. The van der Waals surface area contributed by atoms with E-state index in [0.29, 0.717) is 17.6 Å². The smallest absolute Gasteiger partial charge is 0.141 e. The fourth-order valence-corrected chi connectivity index (χ4v) is 1.42. The Morgan fingerprint density at radius 3 is 2.85 bits per heavy atom. The number of aldehydes is 1. The molecule has 0 aromatic heterocycles. The van der Waals surface area contributed by atoms with Gasteiger partial charge in [0.1, 0.15) is 12.0 Å². The Labute approximate surface area is 85.0 Å². The standard InChI is InChI=1S/C9H10BrNO2/c1-13-9-3-2-6(10)4-7(9)8(11)5-12/h2-5,8H,11H2,1H3. The van der Waals surface area contributed by atoms with Crippen molar-refractivity contribution in [3.05, 3.63) is 28.2 Å². The van der Waals surface area contributed by atoms with E-state index in [2.05, 4.69) is 15.9 Å². The van der Waals surface area contributed by atoms with Crippen molar-refractivity contribution in [1.82, 2.24) is 0 Å². The van der Waals surface area contributed by atoms with Gasteiger partial charge in [0.05, 0.1) is 13.2 Å². The average molecular weight is 244 g/mol. The van der Waals surface area contributed by atoms with E-state index < -0.39 is 6.04 Å². The summed E-state index contributed by atoms with van der Waals surface area (Å²) < 4.78 is 5.94. The quantitative estimate of drug-likeness (QED) is 0.822. The Morgan fingerprint density at radius 2 is 2.31 bits per heavy atom. The van der Waals surface area contributed by atoms with Gasteiger partial charge in [-0.3, -0.25) is 0 Å². The molecule has 1 unspecified atom stereocenters. The van der Waals surface area contributed by atoms with Gasteiger partial charge < -0.3 is 15.3 Å². The van der Waals surface area contributed by atoms with Crippen LogP contribution in [0.4, 0.5) is 0 Å². The summed E-state index contributed by atoms with van der Waals surface area (Å²) in [5, 5.41) is 0. The SMILES string of the molecule is COc1ccc(Br)cc1C(N)C=O. The monoisotopic (exact) mass is 243 g/mol. The van der Waals surface area contributed by atoms with Crippen LogP contribution in [0.5, 0.6) is 5.75 Å². The number of halogens is 1. The molecule has 0 aliphatic rings. The lowest BCUT2D eigenvalue weighted by Gasteiger charge is -2.10. The van der Waals surface area contributed by atoms with Gasteiger partial charge in [-0.2, -0.15) is 0 Å². The van der Waals surface area contributed by atoms with Gasteiger partial charge >= 0.3 is 0 Å². The predicted octanol–water partition coefficient (Wildman–Crippen LogP) is 1.66. The largest absolute Gasteiger partial charge is 0.496 e. The van der Waals surface area contributed by atoms with Gasteiger partial charge in [0.15, 0.2) is 0 Å². The highest BCUT2D eigenvalue weighted by Gasteiger charge is 2.10. The summed E-state index contributed by atoms with van der Waals surface area (Å²) in [4.78, 5) is 10.5. The van der Waals surface area contributed by atoms with Gasteiger partial charge in [-0.25, -0.2) is 0 Å². The maximum Gasteiger partial charge on any atom is 0.141 e. The highest BCUT2D eigenvalue weighted by atomic mass is 79.9. The number of hydrogen-bond acceptors (Lipinski definition) is 3. The maximum absolute atomic E-state index is 10.5. The number of carbonyl (C=O) groups excluding carboxylic acids is 1. The van der Waals surface area contributed by atoms with Crippen LogP contribution >= 0.6 is 15.9 Å². The normalized spacial score (nSPS) is 12.2. The summed E-state index contributed by atoms with van der Waals surface area (Å²) in [7, 11) is 1.55. The Kier molecular flexibility index (Phi) is 3.45. The molecule has 13 heavy (non-hydrogen) atoms. The summed E-state index contributed by atoms with van der Waals surface area (Å²) in [5.74, 6) is 0.628. The maximum atomic E-state index is 10.5. The molecule has 1 aromatic carbocycles. The highest BCUT2D eigenvalue weighted by molar-refractivity contribution is 9.10. The molecule has 3 nitrogen and oxygen atoms in total. The van der Waals surface area contributed by atoms with Crippen LogP contribution in [-0.4, -0.2) is 13.4 Å². The van der Waals surface area contributed by atoms with E-state index in [1.807, 2.05) is 6.07 Å². The van der Waals surface area contributed by atoms with Crippen LogP contribution < -0.4 is 10.5 Å². The minimum Gasteiger partial charge on any atom is -0.496 e. The lowest BCUT2D eigenvalue weighted by molar-refractivity contribution is -0.109. The van der Waals surface area contributed by atoms with E-state index in [-0.39, 0.29) is 0 Å². The second-order valence-electron chi connectivity index (χ2n) is 2.55. The van der Waals surface area contributed by atoms with Crippen molar-refractivity contribution < 1.29 is 9.53 Å². The third-order valence-electron chi connectivity index (χ3n) is 1.70. The minimum atomic E-state index is -0.632. The molecule has 1 aromatic rings. The first-order valence-corrected chi connectivity index (χ1v) is 4.52. The van der Waals surface area contributed by atoms with Crippen LogP contribution in [0.15, 0.2) is 22.7 Å². The van der Waals surface area contributed by atoms with Gasteiger partial charge in [0.25, 0.3) is 0 Å². The lowest BCUT2D eigenvalue weighted by Crippen LogP contribution is -2.12. The first-order chi connectivity index (χ1) is 6.19. The van der Waals surface area contributed by atoms with Gasteiger partial charge in [0, 0.05) is 10.0 Å². The molecule has 0 heterocycles. The Balaban J connectivity index is 3.14. The minimum absolute atomic E-state index is 0.628. The number of carbonyl (C=O) groups is 1. The van der Waals surface area contributed by atoms with Crippen LogP contribution in [0, 0.1) is 0 Å². The van der Waals surface area contributed by atoms with E-state index in [0.717, 1.165) is 4.47 Å². The number of ether oxygens (including phenoxy) is 1. The summed E-state index contributed by atoms with van der Waals surface area (Å²) in [6.07, 6.45) is 0.685. The number of hydrogen-bond donors (Lipinski definition) is 1. The number of nitrogens with two attached hydrogens (primary N) is 1. The second-order valence-corrected chi connectivity index (χ2v) is 3.46. The molecule has 4 heteroatoms. The molecule has 0 radical (unpaired) electrons. The van der Waals surface area contributed by atoms with E-state index in [1.165, 1.54) is 0 Å². The van der Waals surface area contributed by atoms with E-state index >= 15 is 0 Å². The van der Waals surface area contributed by atoms with E-state index in [9.17, 15) is 4.79 Å². The van der Waals surface area contributed by atoms with E-state index in [4.69, 9.17) is 10.5 Å². The molecule has 0 bridgehead atoms. The van der Waals surface area contributed by atoms with Crippen LogP contribution in [0.1, 0.15) is 11.6 Å². The van der Waals surface area contributed by atoms with Gasteiger partial charge in [-0.15, -0.1) is 0 Å². The molecule has 0 amide bonds. The fraction of sp³-hybridized carbons (Fsp3) is 0.222. The number of benzene rings is 1. The summed E-state index contributed by atoms with van der Waals surface area (Å²) in [6.45, 7) is 0. The fourth-order valence-electron chi connectivity index (χ4n) is 1.04. The van der Waals surface area contributed by atoms with Crippen molar-refractivity contribution in [3.8, 4) is 5.75 Å². The molecule has 70 valence electrons. The predicted molar refractivity (Wildman–Crippen MR) is 53.7 cm³/mol. The van der Waals surface area contributed by atoms with Crippen LogP contribution in [0.25, 0.3) is 0 Å². The van der Waals surface area contributed by atoms with Crippen molar-refractivity contribution >= 4 is 22.2 Å². The van der Waals surface area contributed by atoms with Crippen LogP contribution in [0.3, 0.4) is 0 Å². The van der Waals surface area contributed by atoms with Crippen molar-refractivity contribution in [2.45, 2.75) is 6.04 Å². The molecule has 0 saturated heterocycles. The average Bonchev–Trinajstić information content (AvgIpc) is 2.16. The third kappa shape index (κ3) is 2.29. The summed E-state index contributed by atoms with van der Waals surface area (Å²) in [6, 6.07) is 4.74. The van der Waals surface area contributed by atoms with Gasteiger partial charge in [-0.1, -0.05) is 15.9 Å². The molecule has 1 atom stereocenters. The molecular formula is C9H10BrNO2. The summed E-state index contributed by atoms with van der Waals surface area (Å²) >= 11 is 3.30. The molecule has 0 saturated carbocycles.